The Bertz CT molecular complexity index is 707. The Balaban J connectivity index is 2.49. The zero-order valence-corrected chi connectivity index (χ0v) is 15.9. The molecule has 6 heteroatoms. The van der Waals surface area contributed by atoms with E-state index in [2.05, 4.69) is 5.32 Å². The van der Waals surface area contributed by atoms with Gasteiger partial charge in [-0.15, -0.1) is 0 Å². The van der Waals surface area contributed by atoms with Gasteiger partial charge in [-0.1, -0.05) is 25.0 Å². The number of carbonyl (C=O) groups is 1. The molecule has 1 aromatic rings. The van der Waals surface area contributed by atoms with Crippen LogP contribution in [0.25, 0.3) is 0 Å². The van der Waals surface area contributed by atoms with Crippen molar-refractivity contribution in [3.8, 4) is 0 Å². The number of likely N-dealkylation sites (N-methyl/N-ethyl adjacent to an activating group) is 2. The summed E-state index contributed by atoms with van der Waals surface area (Å²) >= 11 is 0. The summed E-state index contributed by atoms with van der Waals surface area (Å²) in [5, 5.41) is 3.00. The maximum atomic E-state index is 13.5. The average Bonchev–Trinajstić information content (AvgIpc) is 3.05. The number of nitrogens with one attached hydrogen (secondary N) is 1. The number of hydrogen-bond acceptors (Lipinski definition) is 4. The Labute approximate surface area is 145 Å². The zero-order chi connectivity index (χ0) is 18.0. The fourth-order valence-electron chi connectivity index (χ4n) is 3.48. The summed E-state index contributed by atoms with van der Waals surface area (Å²) in [6.45, 7) is 4.81. The first-order chi connectivity index (χ1) is 11.3. The first-order valence-corrected chi connectivity index (χ1v) is 9.96. The highest BCUT2D eigenvalue weighted by Crippen LogP contribution is 2.42. The summed E-state index contributed by atoms with van der Waals surface area (Å²) in [5.41, 5.74) is 1.60. The minimum Gasteiger partial charge on any atom is -0.343 e. The smallest absolute Gasteiger partial charge is 0.244 e. The monoisotopic (exact) mass is 352 g/mol. The molecular formula is C18H28N2O3S. The molecule has 5 nitrogen and oxygen atoms in total. The number of sulfone groups is 1. The molecule has 1 saturated carbocycles. The molecular weight excluding hydrogens is 324 g/mol. The maximum Gasteiger partial charge on any atom is 0.244 e. The van der Waals surface area contributed by atoms with E-state index in [9.17, 15) is 13.2 Å². The first-order valence-electron chi connectivity index (χ1n) is 8.48. The molecule has 2 rings (SSSR count). The van der Waals surface area contributed by atoms with Crippen LogP contribution in [0, 0.1) is 13.8 Å². The highest BCUT2D eigenvalue weighted by molar-refractivity contribution is 7.93. The van der Waals surface area contributed by atoms with Crippen molar-refractivity contribution >= 4 is 15.7 Å². The van der Waals surface area contributed by atoms with Crippen molar-refractivity contribution in [2.24, 2.45) is 0 Å². The maximum absolute atomic E-state index is 13.5. The zero-order valence-electron chi connectivity index (χ0n) is 15.1. The molecule has 1 aliphatic carbocycles. The lowest BCUT2D eigenvalue weighted by molar-refractivity contribution is -0.132. The third-order valence-corrected chi connectivity index (χ3v) is 7.62. The topological polar surface area (TPSA) is 66.5 Å². The van der Waals surface area contributed by atoms with E-state index in [0.717, 1.165) is 18.4 Å². The predicted molar refractivity (Wildman–Crippen MR) is 95.9 cm³/mol. The van der Waals surface area contributed by atoms with Crippen LogP contribution in [0.15, 0.2) is 23.1 Å². The molecule has 0 atom stereocenters. The van der Waals surface area contributed by atoms with Crippen molar-refractivity contribution in [2.75, 3.05) is 27.2 Å². The first kappa shape index (κ1) is 18.9. The van der Waals surface area contributed by atoms with Gasteiger partial charge >= 0.3 is 0 Å². The van der Waals surface area contributed by atoms with Crippen LogP contribution < -0.4 is 5.32 Å². The molecule has 0 radical (unpaired) electrons. The minimum atomic E-state index is -3.73. The van der Waals surface area contributed by atoms with E-state index in [0.29, 0.717) is 36.4 Å². The van der Waals surface area contributed by atoms with Gasteiger partial charge in [0.1, 0.15) is 0 Å². The summed E-state index contributed by atoms with van der Waals surface area (Å²) in [7, 11) is -0.226. The van der Waals surface area contributed by atoms with Gasteiger partial charge in [-0.05, 0) is 50.9 Å². The van der Waals surface area contributed by atoms with Crippen LogP contribution in [0.4, 0.5) is 0 Å². The van der Waals surface area contributed by atoms with E-state index in [4.69, 9.17) is 0 Å². The highest BCUT2D eigenvalue weighted by Gasteiger charge is 2.54. The van der Waals surface area contributed by atoms with Crippen molar-refractivity contribution < 1.29 is 13.2 Å². The Morgan fingerprint density at radius 3 is 2.46 bits per heavy atom. The van der Waals surface area contributed by atoms with Crippen LogP contribution in [0.1, 0.15) is 36.8 Å². The Kier molecular flexibility index (Phi) is 5.71. The normalized spacial score (nSPS) is 17.0. The van der Waals surface area contributed by atoms with Gasteiger partial charge < -0.3 is 10.2 Å². The Morgan fingerprint density at radius 1 is 1.25 bits per heavy atom. The molecule has 24 heavy (non-hydrogen) atoms. The van der Waals surface area contributed by atoms with Crippen LogP contribution >= 0.6 is 0 Å². The lowest BCUT2D eigenvalue weighted by Crippen LogP contribution is -2.52. The summed E-state index contributed by atoms with van der Waals surface area (Å²) in [5.74, 6) is -0.267. The minimum absolute atomic E-state index is 0.267. The predicted octanol–water partition coefficient (Wildman–Crippen LogP) is 2.07. The third-order valence-electron chi connectivity index (χ3n) is 4.99. The van der Waals surface area contributed by atoms with E-state index in [1.807, 2.05) is 26.1 Å². The fraction of sp³-hybridized carbons (Fsp3) is 0.611. The van der Waals surface area contributed by atoms with Crippen LogP contribution in [-0.2, 0) is 14.6 Å². The second-order valence-electron chi connectivity index (χ2n) is 6.80. The van der Waals surface area contributed by atoms with E-state index in [1.54, 1.807) is 24.9 Å². The van der Waals surface area contributed by atoms with Crippen molar-refractivity contribution in [3.05, 3.63) is 29.3 Å². The van der Waals surface area contributed by atoms with Gasteiger partial charge in [-0.2, -0.15) is 0 Å². The standard InChI is InChI=1S/C18H28N2O3S/c1-14-7-8-15(2)16(13-14)24(22,23)18(9-5-6-10-18)17(21)20(4)12-11-19-3/h7-8,13,19H,5-6,9-12H2,1-4H3. The number of carbonyl (C=O) groups excluding carboxylic acids is 1. The molecule has 1 amide bonds. The van der Waals surface area contributed by atoms with Crippen LogP contribution in [0.3, 0.4) is 0 Å². The molecule has 0 bridgehead atoms. The molecule has 134 valence electrons. The second-order valence-corrected chi connectivity index (χ2v) is 9.03. The second kappa shape index (κ2) is 7.23. The molecule has 0 spiro atoms. The van der Waals surface area contributed by atoms with Gasteiger partial charge in [-0.25, -0.2) is 8.42 Å². The Hall–Kier alpha value is -1.40. The van der Waals surface area contributed by atoms with E-state index >= 15 is 0 Å². The Morgan fingerprint density at radius 2 is 1.88 bits per heavy atom. The highest BCUT2D eigenvalue weighted by atomic mass is 32.2. The SMILES string of the molecule is CNCCN(C)C(=O)C1(S(=O)(=O)c2cc(C)ccc2C)CCCC1. The molecule has 1 N–H and O–H groups in total. The molecule has 0 heterocycles. The van der Waals surface area contributed by atoms with Crippen LogP contribution in [0.2, 0.25) is 0 Å². The van der Waals surface area contributed by atoms with Gasteiger partial charge in [0.2, 0.25) is 5.91 Å². The molecule has 0 unspecified atom stereocenters. The number of amides is 1. The van der Waals surface area contributed by atoms with E-state index in [1.165, 1.54) is 0 Å². The van der Waals surface area contributed by atoms with Crippen molar-refractivity contribution in [1.29, 1.82) is 0 Å². The number of hydrogen-bond donors (Lipinski definition) is 1. The average molecular weight is 353 g/mol. The van der Waals surface area contributed by atoms with Gasteiger partial charge in [0.15, 0.2) is 14.6 Å². The summed E-state index contributed by atoms with van der Waals surface area (Å²) in [6, 6.07) is 5.42. The molecule has 1 aliphatic rings. The molecule has 0 aliphatic heterocycles. The van der Waals surface area contributed by atoms with Gasteiger partial charge in [0, 0.05) is 20.1 Å². The van der Waals surface area contributed by atoms with Gasteiger partial charge in [0.05, 0.1) is 4.90 Å². The van der Waals surface area contributed by atoms with Crippen LogP contribution in [0.5, 0.6) is 0 Å². The number of aryl methyl sites for hydroxylation is 2. The van der Waals surface area contributed by atoms with Crippen molar-refractivity contribution in [3.63, 3.8) is 0 Å². The number of rotatable bonds is 6. The summed E-state index contributed by atoms with van der Waals surface area (Å²) in [4.78, 5) is 15.0. The fourth-order valence-corrected chi connectivity index (χ4v) is 5.95. The van der Waals surface area contributed by atoms with Gasteiger partial charge in [0.25, 0.3) is 0 Å². The van der Waals surface area contributed by atoms with Crippen LogP contribution in [-0.4, -0.2) is 51.2 Å². The largest absolute Gasteiger partial charge is 0.343 e. The molecule has 1 aromatic carbocycles. The van der Waals surface area contributed by atoms with Crippen molar-refractivity contribution in [1.82, 2.24) is 10.2 Å². The van der Waals surface area contributed by atoms with Gasteiger partial charge in [-0.3, -0.25) is 4.79 Å². The third kappa shape index (κ3) is 3.22. The lowest BCUT2D eigenvalue weighted by Gasteiger charge is -2.32. The van der Waals surface area contributed by atoms with E-state index in [-0.39, 0.29) is 5.91 Å². The van der Waals surface area contributed by atoms with E-state index < -0.39 is 14.6 Å². The summed E-state index contributed by atoms with van der Waals surface area (Å²) in [6.07, 6.45) is 2.36. The lowest BCUT2D eigenvalue weighted by atomic mass is 10.1. The van der Waals surface area contributed by atoms with Crippen molar-refractivity contribution in [2.45, 2.75) is 49.2 Å². The molecule has 1 fully saturated rings. The summed E-state index contributed by atoms with van der Waals surface area (Å²) < 4.78 is 25.7. The quantitative estimate of drug-likeness (QED) is 0.851. The number of nitrogens with zero attached hydrogens (tertiary/aromatic N) is 1. The molecule has 0 aromatic heterocycles. The number of benzene rings is 1. The molecule has 0 saturated heterocycles.